The van der Waals surface area contributed by atoms with Crippen molar-refractivity contribution in [1.82, 2.24) is 9.80 Å². The van der Waals surface area contributed by atoms with E-state index in [0.717, 1.165) is 6.42 Å². The molecule has 0 saturated carbocycles. The summed E-state index contributed by atoms with van der Waals surface area (Å²) >= 11 is 3.68. The molecule has 1 spiro atoms. The van der Waals surface area contributed by atoms with E-state index in [1.165, 1.54) is 4.90 Å². The number of fused-ring (bicyclic) bond motifs is 1. The molecule has 9 heteroatoms. The van der Waals surface area contributed by atoms with Gasteiger partial charge in [0.15, 0.2) is 0 Å². The van der Waals surface area contributed by atoms with Crippen LogP contribution in [0.1, 0.15) is 68.2 Å². The van der Waals surface area contributed by atoms with Gasteiger partial charge in [0.05, 0.1) is 37.2 Å². The van der Waals surface area contributed by atoms with Gasteiger partial charge in [0.1, 0.15) is 11.6 Å². The van der Waals surface area contributed by atoms with Crippen LogP contribution in [0.4, 0.5) is 0 Å². The lowest BCUT2D eigenvalue weighted by Crippen LogP contribution is -2.63. The fourth-order valence-corrected chi connectivity index (χ4v) is 8.08. The van der Waals surface area contributed by atoms with Crippen LogP contribution in [0, 0.1) is 23.2 Å². The molecule has 2 amide bonds. The van der Waals surface area contributed by atoms with Gasteiger partial charge >= 0.3 is 5.97 Å². The van der Waals surface area contributed by atoms with E-state index < -0.39 is 47.1 Å². The highest BCUT2D eigenvalue weighted by molar-refractivity contribution is 9.09. The number of alkyl halides is 1. The van der Waals surface area contributed by atoms with E-state index in [-0.39, 0.29) is 41.2 Å². The number of esters is 1. The second-order valence-corrected chi connectivity index (χ2v) is 14.1. The van der Waals surface area contributed by atoms with Gasteiger partial charge in [-0.2, -0.15) is 0 Å². The van der Waals surface area contributed by atoms with Crippen LogP contribution in [0.5, 0.6) is 0 Å². The van der Waals surface area contributed by atoms with Crippen molar-refractivity contribution in [1.29, 1.82) is 0 Å². The van der Waals surface area contributed by atoms with Gasteiger partial charge in [-0.15, -0.1) is 6.58 Å². The number of nitrogens with zero attached hydrogens (tertiary/aromatic N) is 2. The molecular formula is C28H45BrN2O6. The number of amides is 2. The minimum Gasteiger partial charge on any atom is -0.466 e. The number of ether oxygens (including phenoxy) is 2. The number of likely N-dealkylation sites (tertiary alicyclic amines) is 1. The van der Waals surface area contributed by atoms with Gasteiger partial charge in [-0.05, 0) is 44.9 Å². The van der Waals surface area contributed by atoms with E-state index in [9.17, 15) is 19.5 Å². The molecule has 0 aromatic rings. The zero-order valence-electron chi connectivity index (χ0n) is 23.6. The fraction of sp³-hybridized carbons (Fsp3) is 0.821. The monoisotopic (exact) mass is 584 g/mol. The summed E-state index contributed by atoms with van der Waals surface area (Å²) < 4.78 is 11.9. The third-order valence-electron chi connectivity index (χ3n) is 8.10. The minimum absolute atomic E-state index is 0.0565. The van der Waals surface area contributed by atoms with Gasteiger partial charge in [0.25, 0.3) is 0 Å². The molecule has 7 atom stereocenters. The Kier molecular flexibility index (Phi) is 8.63. The first-order chi connectivity index (χ1) is 17.1. The predicted molar refractivity (Wildman–Crippen MR) is 145 cm³/mol. The minimum atomic E-state index is -1.19. The quantitative estimate of drug-likeness (QED) is 0.240. The Balaban J connectivity index is 2.18. The zero-order valence-corrected chi connectivity index (χ0v) is 25.2. The molecule has 3 heterocycles. The number of hydrogen-bond acceptors (Lipinski definition) is 6. The number of carbonyl (C=O) groups excluding carboxylic acids is 3. The Morgan fingerprint density at radius 1 is 1.32 bits per heavy atom. The molecular weight excluding hydrogens is 540 g/mol. The summed E-state index contributed by atoms with van der Waals surface area (Å²) in [6.07, 6.45) is 2.27. The van der Waals surface area contributed by atoms with Crippen molar-refractivity contribution in [2.45, 2.75) is 102 Å². The van der Waals surface area contributed by atoms with Crippen LogP contribution in [-0.4, -0.2) is 86.6 Å². The average Bonchev–Trinajstić information content (AvgIpc) is 3.34. The first-order valence-corrected chi connectivity index (χ1v) is 14.3. The largest absolute Gasteiger partial charge is 0.466 e. The Hall–Kier alpha value is -1.45. The molecule has 3 saturated heterocycles. The van der Waals surface area contributed by atoms with E-state index in [1.54, 1.807) is 17.9 Å². The van der Waals surface area contributed by atoms with Crippen LogP contribution in [0.2, 0.25) is 0 Å². The summed E-state index contributed by atoms with van der Waals surface area (Å²) in [4.78, 5) is 45.1. The molecule has 3 aliphatic rings. The van der Waals surface area contributed by atoms with Crippen LogP contribution in [0.15, 0.2) is 12.7 Å². The topological polar surface area (TPSA) is 96.4 Å². The van der Waals surface area contributed by atoms with E-state index in [2.05, 4.69) is 43.3 Å². The lowest BCUT2D eigenvalue weighted by atomic mass is 9.70. The van der Waals surface area contributed by atoms with Crippen molar-refractivity contribution in [2.75, 3.05) is 19.8 Å². The van der Waals surface area contributed by atoms with Crippen LogP contribution < -0.4 is 0 Å². The van der Waals surface area contributed by atoms with Crippen molar-refractivity contribution < 1.29 is 29.0 Å². The third kappa shape index (κ3) is 5.12. The number of aliphatic hydroxyl groups excluding tert-OH is 1. The summed E-state index contributed by atoms with van der Waals surface area (Å²) in [5, 5.41) is 10.4. The Labute approximate surface area is 230 Å². The van der Waals surface area contributed by atoms with E-state index in [4.69, 9.17) is 9.47 Å². The first-order valence-electron chi connectivity index (χ1n) is 13.4. The summed E-state index contributed by atoms with van der Waals surface area (Å²) in [6.45, 7) is 20.1. The summed E-state index contributed by atoms with van der Waals surface area (Å²) in [5.41, 5.74) is -1.80. The van der Waals surface area contributed by atoms with Crippen LogP contribution in [-0.2, 0) is 23.9 Å². The Morgan fingerprint density at radius 2 is 1.95 bits per heavy atom. The zero-order chi connectivity index (χ0) is 28.1. The van der Waals surface area contributed by atoms with Crippen molar-refractivity contribution in [2.24, 2.45) is 23.2 Å². The lowest BCUT2D eigenvalue weighted by molar-refractivity contribution is -0.158. The molecule has 3 rings (SSSR count). The average molecular weight is 586 g/mol. The van der Waals surface area contributed by atoms with Crippen molar-refractivity contribution >= 4 is 33.7 Å². The number of aliphatic hydroxyl groups is 1. The molecule has 2 bridgehead atoms. The van der Waals surface area contributed by atoms with Crippen molar-refractivity contribution in [3.63, 3.8) is 0 Å². The molecule has 0 radical (unpaired) electrons. The molecule has 0 aromatic carbocycles. The highest BCUT2D eigenvalue weighted by Gasteiger charge is 2.77. The lowest BCUT2D eigenvalue weighted by Gasteiger charge is -2.47. The van der Waals surface area contributed by atoms with Gasteiger partial charge in [0, 0.05) is 16.9 Å². The Bertz CT molecular complexity index is 915. The first kappa shape index (κ1) is 30.1. The molecule has 210 valence electrons. The number of halogens is 1. The van der Waals surface area contributed by atoms with Crippen LogP contribution in [0.25, 0.3) is 0 Å². The van der Waals surface area contributed by atoms with E-state index in [1.807, 2.05) is 27.7 Å². The van der Waals surface area contributed by atoms with Crippen LogP contribution >= 0.6 is 15.9 Å². The predicted octanol–water partition coefficient (Wildman–Crippen LogP) is 3.54. The van der Waals surface area contributed by atoms with Crippen molar-refractivity contribution in [3.05, 3.63) is 12.7 Å². The molecule has 0 aliphatic carbocycles. The van der Waals surface area contributed by atoms with E-state index in [0.29, 0.717) is 13.0 Å². The molecule has 37 heavy (non-hydrogen) atoms. The second kappa shape index (κ2) is 10.6. The highest BCUT2D eigenvalue weighted by atomic mass is 79.9. The summed E-state index contributed by atoms with van der Waals surface area (Å²) in [6, 6.07) is -1.58. The second-order valence-electron chi connectivity index (χ2n) is 12.9. The highest BCUT2D eigenvalue weighted by Crippen LogP contribution is 2.61. The SMILES string of the molecule is C=CCN(C(=O)C1N([C@@H](CO)C(C)C)C(=O)[C@@H]2[C@@H](C(=O)OCC)[C@@H]3OC12CC3Br)C(C)(C)CC(C)(C)C. The van der Waals surface area contributed by atoms with Crippen LogP contribution in [0.3, 0.4) is 0 Å². The maximum absolute atomic E-state index is 14.7. The van der Waals surface area contributed by atoms with Gasteiger partial charge in [0.2, 0.25) is 11.8 Å². The maximum atomic E-state index is 14.7. The number of hydrogen-bond donors (Lipinski definition) is 1. The van der Waals surface area contributed by atoms with Gasteiger partial charge < -0.3 is 24.4 Å². The smallest absolute Gasteiger partial charge is 0.312 e. The normalized spacial score (nSPS) is 32.0. The van der Waals surface area contributed by atoms with Gasteiger partial charge in [-0.3, -0.25) is 14.4 Å². The molecule has 0 aromatic heterocycles. The maximum Gasteiger partial charge on any atom is 0.312 e. The molecule has 3 fully saturated rings. The molecule has 3 aliphatic heterocycles. The number of carbonyl (C=O) groups is 3. The molecule has 3 unspecified atom stereocenters. The van der Waals surface area contributed by atoms with Gasteiger partial charge in [-0.25, -0.2) is 0 Å². The molecule has 8 nitrogen and oxygen atoms in total. The third-order valence-corrected chi connectivity index (χ3v) is 8.95. The van der Waals surface area contributed by atoms with Gasteiger partial charge in [-0.1, -0.05) is 56.6 Å². The van der Waals surface area contributed by atoms with E-state index >= 15 is 0 Å². The standard InChI is InChI=1S/C28H45BrN2O6/c1-10-12-30(27(8,9)15-26(5,6)7)24(34)22-28-13-17(29)21(37-28)19(25(35)36-11-2)20(28)23(33)31(22)18(14-32)16(3)4/h10,16-22,32H,1,11-15H2,2-9H3/t17?,18-,19+,20-,21+,22?,28?/m0/s1. The molecule has 1 N–H and O–H groups in total. The summed E-state index contributed by atoms with van der Waals surface area (Å²) in [7, 11) is 0. The fourth-order valence-electron chi connectivity index (χ4n) is 7.14. The summed E-state index contributed by atoms with van der Waals surface area (Å²) in [5.74, 6) is -2.82. The number of rotatable bonds is 10. The van der Waals surface area contributed by atoms with Crippen molar-refractivity contribution in [3.8, 4) is 0 Å². The Morgan fingerprint density at radius 3 is 2.43 bits per heavy atom.